The number of hydrogen-bond acceptors (Lipinski definition) is 2. The molecule has 1 aromatic carbocycles. The van der Waals surface area contributed by atoms with Crippen LogP contribution in [-0.4, -0.2) is 26.2 Å². The highest BCUT2D eigenvalue weighted by Gasteiger charge is 2.16. The van der Waals surface area contributed by atoms with E-state index in [9.17, 15) is 5.11 Å². The normalized spacial score (nSPS) is 11.6. The van der Waals surface area contributed by atoms with Crippen molar-refractivity contribution in [3.05, 3.63) is 18.2 Å². The van der Waals surface area contributed by atoms with Gasteiger partial charge in [-0.25, -0.2) is 0 Å². The van der Waals surface area contributed by atoms with Crippen molar-refractivity contribution in [2.24, 2.45) is 0 Å². The number of benzene rings is 1. The van der Waals surface area contributed by atoms with Gasteiger partial charge < -0.3 is 10.8 Å². The first kappa shape index (κ1) is 8.87. The average Bonchev–Trinajstić information content (AvgIpc) is 1.92. The van der Waals surface area contributed by atoms with E-state index in [0.29, 0.717) is 10.2 Å². The molecule has 0 aliphatic rings. The fourth-order valence-electron chi connectivity index (χ4n) is 1.08. The maximum absolute atomic E-state index is 9.50. The monoisotopic (exact) mass is 167 g/mol. The third kappa shape index (κ3) is 1.68. The smallest absolute Gasteiger partial charge is 0.177 e. The first-order valence-electron chi connectivity index (χ1n) is 3.82. The van der Waals surface area contributed by atoms with E-state index < -0.39 is 0 Å². The third-order valence-corrected chi connectivity index (χ3v) is 1.72. The summed E-state index contributed by atoms with van der Waals surface area (Å²) in [6, 6.07) is 5.10. The lowest BCUT2D eigenvalue weighted by atomic mass is 10.2. The van der Waals surface area contributed by atoms with Gasteiger partial charge in [-0.05, 0) is 12.1 Å². The summed E-state index contributed by atoms with van der Waals surface area (Å²) in [5.41, 5.74) is 7.11. The first-order chi connectivity index (χ1) is 5.41. The van der Waals surface area contributed by atoms with Crippen LogP contribution in [0.5, 0.6) is 5.75 Å². The van der Waals surface area contributed by atoms with Crippen LogP contribution in [0.15, 0.2) is 18.2 Å². The van der Waals surface area contributed by atoms with Crippen molar-refractivity contribution in [3.63, 3.8) is 0 Å². The van der Waals surface area contributed by atoms with E-state index in [4.69, 9.17) is 5.73 Å². The maximum Gasteiger partial charge on any atom is 0.177 e. The number of hydrogen-bond donors (Lipinski definition) is 2. The van der Waals surface area contributed by atoms with Crippen LogP contribution < -0.4 is 10.2 Å². The Morgan fingerprint density at radius 1 is 1.25 bits per heavy atom. The van der Waals surface area contributed by atoms with Gasteiger partial charge in [0.1, 0.15) is 0 Å². The number of nitrogens with zero attached hydrogens (tertiary/aromatic N) is 1. The Morgan fingerprint density at radius 2 is 1.83 bits per heavy atom. The molecule has 3 nitrogen and oxygen atoms in total. The SMILES string of the molecule is C[N+](C)(C)c1cc(N)ccc1O. The molecule has 0 aliphatic heterocycles. The van der Waals surface area contributed by atoms with Crippen LogP contribution in [0.2, 0.25) is 0 Å². The van der Waals surface area contributed by atoms with E-state index in [1.165, 1.54) is 0 Å². The fourth-order valence-corrected chi connectivity index (χ4v) is 1.08. The molecule has 0 heterocycles. The Hall–Kier alpha value is -1.22. The summed E-state index contributed by atoms with van der Waals surface area (Å²) in [6.07, 6.45) is 0. The van der Waals surface area contributed by atoms with Gasteiger partial charge in [-0.15, -0.1) is 0 Å². The van der Waals surface area contributed by atoms with Crippen LogP contribution in [0.4, 0.5) is 11.4 Å². The number of quaternary nitrogens is 1. The summed E-state index contributed by atoms with van der Waals surface area (Å²) in [6.45, 7) is 0. The molecular formula is C9H15N2O+. The summed E-state index contributed by atoms with van der Waals surface area (Å²) in [5.74, 6) is 0.289. The molecule has 0 saturated heterocycles. The van der Waals surface area contributed by atoms with Gasteiger partial charge in [0.15, 0.2) is 11.4 Å². The lowest BCUT2D eigenvalue weighted by molar-refractivity contribution is 0.427. The molecule has 1 rings (SSSR count). The molecule has 0 saturated carbocycles. The third-order valence-electron chi connectivity index (χ3n) is 1.72. The quantitative estimate of drug-likeness (QED) is 0.374. The number of aromatic hydroxyl groups is 1. The van der Waals surface area contributed by atoms with E-state index in [1.807, 2.05) is 21.1 Å². The molecule has 0 bridgehead atoms. The lowest BCUT2D eigenvalue weighted by Crippen LogP contribution is -2.34. The molecule has 0 radical (unpaired) electrons. The molecule has 0 fully saturated rings. The maximum atomic E-state index is 9.50. The number of nitrogens with two attached hydrogens (primary N) is 1. The summed E-state index contributed by atoms with van der Waals surface area (Å²) >= 11 is 0. The Kier molecular flexibility index (Phi) is 1.98. The Labute approximate surface area is 72.6 Å². The molecule has 0 unspecified atom stereocenters. The zero-order valence-electron chi connectivity index (χ0n) is 7.70. The van der Waals surface area contributed by atoms with Crippen molar-refractivity contribution in [2.75, 3.05) is 26.9 Å². The predicted molar refractivity (Wildman–Crippen MR) is 52.1 cm³/mol. The second-order valence-corrected chi connectivity index (χ2v) is 3.76. The van der Waals surface area contributed by atoms with Crippen LogP contribution in [0.3, 0.4) is 0 Å². The topological polar surface area (TPSA) is 46.2 Å². The van der Waals surface area contributed by atoms with Crippen LogP contribution in [0, 0.1) is 0 Å². The molecule has 0 atom stereocenters. The molecule has 3 heteroatoms. The largest absolute Gasteiger partial charge is 0.503 e. The van der Waals surface area contributed by atoms with Gasteiger partial charge >= 0.3 is 0 Å². The van der Waals surface area contributed by atoms with Gasteiger partial charge in [-0.2, -0.15) is 0 Å². The molecule has 1 aromatic rings. The highest BCUT2D eigenvalue weighted by molar-refractivity contribution is 5.61. The number of phenolic OH excluding ortho intramolecular Hbond substituents is 1. The predicted octanol–water partition coefficient (Wildman–Crippen LogP) is 1.17. The summed E-state index contributed by atoms with van der Waals surface area (Å²) in [5, 5.41) is 9.50. The van der Waals surface area contributed by atoms with E-state index >= 15 is 0 Å². The lowest BCUT2D eigenvalue weighted by Gasteiger charge is -2.24. The molecule has 3 N–H and O–H groups in total. The van der Waals surface area contributed by atoms with Gasteiger partial charge in [0.25, 0.3) is 0 Å². The van der Waals surface area contributed by atoms with Crippen LogP contribution in [0.1, 0.15) is 0 Å². The van der Waals surface area contributed by atoms with Crippen LogP contribution in [-0.2, 0) is 0 Å². The summed E-state index contributed by atoms with van der Waals surface area (Å²) in [4.78, 5) is 0. The Morgan fingerprint density at radius 3 is 2.25 bits per heavy atom. The zero-order valence-corrected chi connectivity index (χ0v) is 7.70. The van der Waals surface area contributed by atoms with E-state index in [-0.39, 0.29) is 5.75 Å². The summed E-state index contributed by atoms with van der Waals surface area (Å²) < 4.78 is 0.566. The van der Waals surface area contributed by atoms with E-state index in [0.717, 1.165) is 5.69 Å². The van der Waals surface area contributed by atoms with Crippen LogP contribution >= 0.6 is 0 Å². The molecule has 0 amide bonds. The molecule has 0 aliphatic carbocycles. The van der Waals surface area contributed by atoms with Gasteiger partial charge in [0.2, 0.25) is 0 Å². The minimum atomic E-state index is 0.289. The van der Waals surface area contributed by atoms with Crippen molar-refractivity contribution in [1.29, 1.82) is 0 Å². The van der Waals surface area contributed by atoms with Gasteiger partial charge in [-0.1, -0.05) is 0 Å². The number of nitrogen functional groups attached to an aromatic ring is 1. The minimum absolute atomic E-state index is 0.289. The molecule has 0 spiro atoms. The van der Waals surface area contributed by atoms with Gasteiger partial charge in [-0.3, -0.25) is 4.48 Å². The van der Waals surface area contributed by atoms with Gasteiger partial charge in [0.05, 0.1) is 21.1 Å². The van der Waals surface area contributed by atoms with Crippen molar-refractivity contribution < 1.29 is 5.11 Å². The standard InChI is InChI=1S/C9H14N2O/c1-11(2,3)8-6-7(10)4-5-9(8)12/h4-6H,10H2,1-3H3/p+1. The Balaban J connectivity index is 3.23. The average molecular weight is 167 g/mol. The first-order valence-corrected chi connectivity index (χ1v) is 3.82. The number of anilines is 1. The number of rotatable bonds is 1. The highest BCUT2D eigenvalue weighted by Crippen LogP contribution is 2.30. The van der Waals surface area contributed by atoms with Crippen molar-refractivity contribution >= 4 is 11.4 Å². The van der Waals surface area contributed by atoms with Crippen LogP contribution in [0.25, 0.3) is 0 Å². The Bertz CT molecular complexity index is 289. The van der Waals surface area contributed by atoms with Gasteiger partial charge in [0, 0.05) is 11.8 Å². The second kappa shape index (κ2) is 2.68. The van der Waals surface area contributed by atoms with E-state index in [2.05, 4.69) is 0 Å². The highest BCUT2D eigenvalue weighted by atomic mass is 16.3. The summed E-state index contributed by atoms with van der Waals surface area (Å²) in [7, 11) is 5.94. The molecule has 0 aromatic heterocycles. The fraction of sp³-hybridized carbons (Fsp3) is 0.333. The minimum Gasteiger partial charge on any atom is -0.503 e. The van der Waals surface area contributed by atoms with Crippen molar-refractivity contribution in [2.45, 2.75) is 0 Å². The number of phenols is 1. The molecule has 12 heavy (non-hydrogen) atoms. The van der Waals surface area contributed by atoms with Crippen molar-refractivity contribution in [1.82, 2.24) is 4.48 Å². The second-order valence-electron chi connectivity index (χ2n) is 3.76. The molecule has 66 valence electrons. The zero-order chi connectivity index (χ0) is 9.35. The van der Waals surface area contributed by atoms with E-state index in [1.54, 1.807) is 18.2 Å². The molecular weight excluding hydrogens is 152 g/mol. The van der Waals surface area contributed by atoms with Crippen molar-refractivity contribution in [3.8, 4) is 5.75 Å².